The van der Waals surface area contributed by atoms with Crippen LogP contribution in [-0.4, -0.2) is 26.4 Å². The fourth-order valence-electron chi connectivity index (χ4n) is 1.84. The van der Waals surface area contributed by atoms with Crippen molar-refractivity contribution < 1.29 is 22.7 Å². The number of carbonyl (C=O) groups is 2. The van der Waals surface area contributed by atoms with Crippen LogP contribution in [0.4, 0.5) is 5.69 Å². The number of carbonyl (C=O) groups excluding carboxylic acids is 2. The SMILES string of the molecule is CC(OC(=O)c1ccc(S(N)(=O)=O)cc1)C(=O)Nc1ccc(Br)cc1. The predicted octanol–water partition coefficient (Wildman–Crippen LogP) is 2.28. The standard InChI is InChI=1S/C16H15BrN2O5S/c1-10(15(20)19-13-6-4-12(17)5-7-13)24-16(21)11-2-8-14(9-3-11)25(18,22)23/h2-10H,1H3,(H,19,20)(H2,18,22,23). The molecule has 3 N–H and O–H groups in total. The maximum atomic E-state index is 12.1. The minimum Gasteiger partial charge on any atom is -0.449 e. The van der Waals surface area contributed by atoms with E-state index in [1.54, 1.807) is 24.3 Å². The molecule has 132 valence electrons. The molecule has 0 radical (unpaired) electrons. The Morgan fingerprint density at radius 3 is 2.16 bits per heavy atom. The number of esters is 1. The van der Waals surface area contributed by atoms with E-state index in [1.807, 2.05) is 0 Å². The van der Waals surface area contributed by atoms with E-state index in [4.69, 9.17) is 9.88 Å². The molecule has 0 fully saturated rings. The topological polar surface area (TPSA) is 116 Å². The van der Waals surface area contributed by atoms with Gasteiger partial charge in [0.1, 0.15) is 0 Å². The molecule has 0 aliphatic carbocycles. The molecule has 0 bridgehead atoms. The van der Waals surface area contributed by atoms with Crippen LogP contribution in [0.2, 0.25) is 0 Å². The number of primary sulfonamides is 1. The number of hydrogen-bond acceptors (Lipinski definition) is 5. The zero-order valence-electron chi connectivity index (χ0n) is 13.1. The first-order chi connectivity index (χ1) is 11.7. The van der Waals surface area contributed by atoms with Crippen LogP contribution in [0.25, 0.3) is 0 Å². The van der Waals surface area contributed by atoms with Crippen LogP contribution < -0.4 is 10.5 Å². The van der Waals surface area contributed by atoms with Crippen LogP contribution >= 0.6 is 15.9 Å². The van der Waals surface area contributed by atoms with Gasteiger partial charge in [0.15, 0.2) is 6.10 Å². The average Bonchev–Trinajstić information content (AvgIpc) is 2.56. The van der Waals surface area contributed by atoms with Crippen LogP contribution in [0.1, 0.15) is 17.3 Å². The van der Waals surface area contributed by atoms with E-state index in [2.05, 4.69) is 21.2 Å². The molecule has 0 aromatic heterocycles. The van der Waals surface area contributed by atoms with Crippen molar-refractivity contribution in [3.8, 4) is 0 Å². The molecule has 0 aliphatic rings. The zero-order valence-corrected chi connectivity index (χ0v) is 15.5. The van der Waals surface area contributed by atoms with Crippen LogP contribution in [-0.2, 0) is 19.6 Å². The summed E-state index contributed by atoms with van der Waals surface area (Å²) in [6.07, 6.45) is -1.03. The maximum Gasteiger partial charge on any atom is 0.338 e. The zero-order chi connectivity index (χ0) is 18.6. The summed E-state index contributed by atoms with van der Waals surface area (Å²) in [7, 11) is -3.84. The number of sulfonamides is 1. The number of anilines is 1. The van der Waals surface area contributed by atoms with Crippen LogP contribution in [0, 0.1) is 0 Å². The van der Waals surface area contributed by atoms with Crippen molar-refractivity contribution in [2.24, 2.45) is 5.14 Å². The van der Waals surface area contributed by atoms with Gasteiger partial charge in [-0.1, -0.05) is 15.9 Å². The lowest BCUT2D eigenvalue weighted by molar-refractivity contribution is -0.123. The van der Waals surface area contributed by atoms with E-state index in [-0.39, 0.29) is 10.5 Å². The molecule has 2 aromatic rings. The smallest absolute Gasteiger partial charge is 0.338 e. The Morgan fingerprint density at radius 1 is 1.08 bits per heavy atom. The predicted molar refractivity (Wildman–Crippen MR) is 95.5 cm³/mol. The number of amides is 1. The summed E-state index contributed by atoms with van der Waals surface area (Å²) >= 11 is 3.29. The first kappa shape index (κ1) is 19.1. The quantitative estimate of drug-likeness (QED) is 0.711. The van der Waals surface area contributed by atoms with E-state index < -0.39 is 28.0 Å². The Kier molecular flexibility index (Phi) is 5.93. The van der Waals surface area contributed by atoms with Gasteiger partial charge in [-0.15, -0.1) is 0 Å². The highest BCUT2D eigenvalue weighted by molar-refractivity contribution is 9.10. The van der Waals surface area contributed by atoms with Gasteiger partial charge in [-0.05, 0) is 55.5 Å². The van der Waals surface area contributed by atoms with Gasteiger partial charge in [0, 0.05) is 10.2 Å². The lowest BCUT2D eigenvalue weighted by Crippen LogP contribution is -2.30. The van der Waals surface area contributed by atoms with Crippen molar-refractivity contribution in [2.75, 3.05) is 5.32 Å². The fraction of sp³-hybridized carbons (Fsp3) is 0.125. The molecular formula is C16H15BrN2O5S. The molecule has 1 amide bonds. The molecule has 1 atom stereocenters. The van der Waals surface area contributed by atoms with Gasteiger partial charge in [0.05, 0.1) is 10.5 Å². The molecule has 0 saturated heterocycles. The monoisotopic (exact) mass is 426 g/mol. The Morgan fingerprint density at radius 2 is 1.64 bits per heavy atom. The van der Waals surface area contributed by atoms with Crippen LogP contribution in [0.15, 0.2) is 57.9 Å². The van der Waals surface area contributed by atoms with Crippen molar-refractivity contribution in [2.45, 2.75) is 17.9 Å². The van der Waals surface area contributed by atoms with E-state index in [9.17, 15) is 18.0 Å². The summed E-state index contributed by atoms with van der Waals surface area (Å²) < 4.78 is 28.3. The fourth-order valence-corrected chi connectivity index (χ4v) is 2.62. The highest BCUT2D eigenvalue weighted by Gasteiger charge is 2.19. The Balaban J connectivity index is 1.99. The summed E-state index contributed by atoms with van der Waals surface area (Å²) in [5.74, 6) is -1.24. The van der Waals surface area contributed by atoms with E-state index in [0.29, 0.717) is 5.69 Å². The van der Waals surface area contributed by atoms with Crippen molar-refractivity contribution >= 4 is 43.5 Å². The first-order valence-electron chi connectivity index (χ1n) is 7.07. The third-order valence-corrected chi connectivity index (χ3v) is 4.64. The van der Waals surface area contributed by atoms with Gasteiger partial charge < -0.3 is 10.1 Å². The number of nitrogens with one attached hydrogen (secondary N) is 1. The first-order valence-corrected chi connectivity index (χ1v) is 9.41. The minimum absolute atomic E-state index is 0.107. The minimum atomic E-state index is -3.84. The highest BCUT2D eigenvalue weighted by atomic mass is 79.9. The molecule has 1 unspecified atom stereocenters. The Labute approximate surface area is 153 Å². The molecule has 2 rings (SSSR count). The molecule has 0 heterocycles. The summed E-state index contributed by atoms with van der Waals surface area (Å²) in [4.78, 5) is 24.0. The molecule has 25 heavy (non-hydrogen) atoms. The van der Waals surface area contributed by atoms with E-state index >= 15 is 0 Å². The van der Waals surface area contributed by atoms with Crippen molar-refractivity contribution in [3.05, 3.63) is 58.6 Å². The largest absolute Gasteiger partial charge is 0.449 e. The average molecular weight is 427 g/mol. The molecule has 2 aromatic carbocycles. The van der Waals surface area contributed by atoms with Crippen LogP contribution in [0.5, 0.6) is 0 Å². The van der Waals surface area contributed by atoms with E-state index in [1.165, 1.54) is 31.2 Å². The molecule has 0 aliphatic heterocycles. The number of ether oxygens (including phenoxy) is 1. The third-order valence-electron chi connectivity index (χ3n) is 3.18. The second-order valence-corrected chi connectivity index (χ2v) is 7.59. The van der Waals surface area contributed by atoms with Crippen LogP contribution in [0.3, 0.4) is 0 Å². The van der Waals surface area contributed by atoms with Crippen molar-refractivity contribution in [3.63, 3.8) is 0 Å². The van der Waals surface area contributed by atoms with E-state index in [0.717, 1.165) is 4.47 Å². The second kappa shape index (κ2) is 7.77. The second-order valence-electron chi connectivity index (χ2n) is 5.11. The summed E-state index contributed by atoms with van der Waals surface area (Å²) in [6, 6.07) is 11.8. The number of hydrogen-bond donors (Lipinski definition) is 2. The lowest BCUT2D eigenvalue weighted by atomic mass is 10.2. The van der Waals surface area contributed by atoms with Gasteiger partial charge in [-0.25, -0.2) is 18.4 Å². The van der Waals surface area contributed by atoms with Crippen molar-refractivity contribution in [1.82, 2.24) is 0 Å². The van der Waals surface area contributed by atoms with Crippen molar-refractivity contribution in [1.29, 1.82) is 0 Å². The lowest BCUT2D eigenvalue weighted by Gasteiger charge is -2.13. The number of rotatable bonds is 5. The summed E-state index contributed by atoms with van der Waals surface area (Å²) in [5, 5.41) is 7.61. The normalized spacial score (nSPS) is 12.3. The third kappa shape index (κ3) is 5.38. The van der Waals surface area contributed by atoms with Gasteiger partial charge in [-0.2, -0.15) is 0 Å². The van der Waals surface area contributed by atoms with Gasteiger partial charge in [0.2, 0.25) is 10.0 Å². The molecule has 9 heteroatoms. The molecular weight excluding hydrogens is 412 g/mol. The van der Waals surface area contributed by atoms with Gasteiger partial charge in [0.25, 0.3) is 5.91 Å². The van der Waals surface area contributed by atoms with Gasteiger partial charge in [-0.3, -0.25) is 4.79 Å². The van der Waals surface area contributed by atoms with Gasteiger partial charge >= 0.3 is 5.97 Å². The Hall–Kier alpha value is -2.23. The number of halogens is 1. The molecule has 7 nitrogen and oxygen atoms in total. The number of nitrogens with two attached hydrogens (primary N) is 1. The number of benzene rings is 2. The summed E-state index contributed by atoms with van der Waals surface area (Å²) in [6.45, 7) is 1.44. The molecule has 0 spiro atoms. The highest BCUT2D eigenvalue weighted by Crippen LogP contribution is 2.15. The molecule has 0 saturated carbocycles. The Bertz CT molecular complexity index is 880. The summed E-state index contributed by atoms with van der Waals surface area (Å²) in [5.41, 5.74) is 0.671. The maximum absolute atomic E-state index is 12.1.